The largest absolute Gasteiger partial charge is 0.481 e. The highest BCUT2D eigenvalue weighted by molar-refractivity contribution is 6.34. The van der Waals surface area contributed by atoms with Crippen LogP contribution in [0.2, 0.25) is 0 Å². The maximum atomic E-state index is 12.5. The zero-order chi connectivity index (χ0) is 19.8. The SMILES string of the molecule is CC(C)C1CCCc2[nH]c(C=C3C(=O)Nc4ccc(CCC(=O)O)cc43)cc21. The van der Waals surface area contributed by atoms with Gasteiger partial charge in [-0.05, 0) is 72.9 Å². The minimum Gasteiger partial charge on any atom is -0.481 e. The molecule has 1 aromatic heterocycles. The predicted octanol–water partition coefficient (Wildman–Crippen LogP) is 4.60. The summed E-state index contributed by atoms with van der Waals surface area (Å²) in [4.78, 5) is 26.9. The van der Waals surface area contributed by atoms with Gasteiger partial charge in [0, 0.05) is 29.1 Å². The smallest absolute Gasteiger partial charge is 0.303 e. The first-order chi connectivity index (χ1) is 13.4. The predicted molar refractivity (Wildman–Crippen MR) is 110 cm³/mol. The third-order valence-electron chi connectivity index (χ3n) is 5.90. The first-order valence-corrected chi connectivity index (χ1v) is 10.0. The number of aryl methyl sites for hydroxylation is 2. The molecule has 0 saturated carbocycles. The van der Waals surface area contributed by atoms with Gasteiger partial charge in [0.2, 0.25) is 0 Å². The van der Waals surface area contributed by atoms with Gasteiger partial charge in [0.15, 0.2) is 0 Å². The molecule has 2 aliphatic rings. The fraction of sp³-hybridized carbons (Fsp3) is 0.391. The Hall–Kier alpha value is -2.82. The lowest BCUT2D eigenvalue weighted by Crippen LogP contribution is -2.13. The number of aromatic amines is 1. The summed E-state index contributed by atoms with van der Waals surface area (Å²) in [5, 5.41) is 11.8. The Bertz CT molecular complexity index is 968. The normalized spacial score (nSPS) is 19.6. The number of carboxylic acid groups (broad SMARTS) is 1. The van der Waals surface area contributed by atoms with Crippen LogP contribution >= 0.6 is 0 Å². The Morgan fingerprint density at radius 3 is 2.89 bits per heavy atom. The van der Waals surface area contributed by atoms with Gasteiger partial charge in [0.25, 0.3) is 5.91 Å². The van der Waals surface area contributed by atoms with Crippen molar-refractivity contribution in [2.45, 2.75) is 51.9 Å². The number of benzene rings is 1. The topological polar surface area (TPSA) is 82.2 Å². The lowest BCUT2D eigenvalue weighted by atomic mass is 9.80. The Morgan fingerprint density at radius 2 is 2.14 bits per heavy atom. The maximum absolute atomic E-state index is 12.5. The number of nitrogens with one attached hydrogen (secondary N) is 2. The molecule has 3 N–H and O–H groups in total. The molecule has 146 valence electrons. The van der Waals surface area contributed by atoms with E-state index in [4.69, 9.17) is 5.11 Å². The van der Waals surface area contributed by atoms with Gasteiger partial charge in [-0.25, -0.2) is 0 Å². The molecule has 0 saturated heterocycles. The van der Waals surface area contributed by atoms with E-state index in [1.165, 1.54) is 24.1 Å². The molecular formula is C23H26N2O3. The van der Waals surface area contributed by atoms with Gasteiger partial charge in [-0.3, -0.25) is 9.59 Å². The molecule has 1 amide bonds. The van der Waals surface area contributed by atoms with E-state index in [9.17, 15) is 9.59 Å². The summed E-state index contributed by atoms with van der Waals surface area (Å²) in [5.74, 6) is 0.239. The van der Waals surface area contributed by atoms with E-state index >= 15 is 0 Å². The maximum Gasteiger partial charge on any atom is 0.303 e. The molecule has 0 radical (unpaired) electrons. The number of fused-ring (bicyclic) bond motifs is 2. The van der Waals surface area contributed by atoms with E-state index in [2.05, 4.69) is 30.2 Å². The number of hydrogen-bond donors (Lipinski definition) is 3. The standard InChI is InChI=1S/C23H26N2O3/c1-13(2)16-4-3-5-20-18(16)11-15(24-20)12-19-17-10-14(7-9-22(26)27)6-8-21(17)25-23(19)28/h6,8,10-13,16,24H,3-5,7,9H2,1-2H3,(H,25,28)(H,26,27). The van der Waals surface area contributed by atoms with Crippen molar-refractivity contribution in [2.24, 2.45) is 5.92 Å². The number of hydrogen-bond acceptors (Lipinski definition) is 2. The van der Waals surface area contributed by atoms with Crippen LogP contribution in [0.15, 0.2) is 24.3 Å². The van der Waals surface area contributed by atoms with Crippen LogP contribution in [0.1, 0.15) is 67.1 Å². The highest BCUT2D eigenvalue weighted by Gasteiger charge is 2.27. The van der Waals surface area contributed by atoms with E-state index in [1.807, 2.05) is 24.3 Å². The first-order valence-electron chi connectivity index (χ1n) is 10.0. The Balaban J connectivity index is 1.67. The second-order valence-corrected chi connectivity index (χ2v) is 8.19. The molecule has 0 fully saturated rings. The Morgan fingerprint density at radius 1 is 1.32 bits per heavy atom. The van der Waals surface area contributed by atoms with E-state index in [-0.39, 0.29) is 12.3 Å². The molecule has 2 heterocycles. The van der Waals surface area contributed by atoms with E-state index in [0.29, 0.717) is 23.8 Å². The lowest BCUT2D eigenvalue weighted by Gasteiger charge is -2.25. The number of amides is 1. The summed E-state index contributed by atoms with van der Waals surface area (Å²) in [6, 6.07) is 7.87. The minimum atomic E-state index is -0.817. The second kappa shape index (κ2) is 7.30. The second-order valence-electron chi connectivity index (χ2n) is 8.19. The van der Waals surface area contributed by atoms with Crippen molar-refractivity contribution in [3.63, 3.8) is 0 Å². The number of carboxylic acids is 1. The van der Waals surface area contributed by atoms with E-state index < -0.39 is 5.97 Å². The van der Waals surface area contributed by atoms with Crippen molar-refractivity contribution in [1.29, 1.82) is 0 Å². The highest BCUT2D eigenvalue weighted by Crippen LogP contribution is 2.39. The summed E-state index contributed by atoms with van der Waals surface area (Å²) in [5.41, 5.74) is 6.84. The zero-order valence-corrected chi connectivity index (χ0v) is 16.3. The number of carbonyl (C=O) groups is 2. The number of aliphatic carboxylic acids is 1. The van der Waals surface area contributed by atoms with Gasteiger partial charge in [-0.2, -0.15) is 0 Å². The van der Waals surface area contributed by atoms with Crippen LogP contribution < -0.4 is 5.32 Å². The number of rotatable bonds is 5. The summed E-state index contributed by atoms with van der Waals surface area (Å²) in [6.07, 6.45) is 5.94. The van der Waals surface area contributed by atoms with Crippen molar-refractivity contribution < 1.29 is 14.7 Å². The van der Waals surface area contributed by atoms with E-state index in [1.54, 1.807) is 0 Å². The summed E-state index contributed by atoms with van der Waals surface area (Å²) < 4.78 is 0. The van der Waals surface area contributed by atoms with Crippen LogP contribution in [0.25, 0.3) is 11.6 Å². The molecule has 0 bridgehead atoms. The van der Waals surface area contributed by atoms with E-state index in [0.717, 1.165) is 28.9 Å². The molecule has 0 spiro atoms. The van der Waals surface area contributed by atoms with Crippen LogP contribution in [-0.2, 0) is 22.4 Å². The summed E-state index contributed by atoms with van der Waals surface area (Å²) in [6.45, 7) is 4.54. The van der Waals surface area contributed by atoms with Crippen LogP contribution in [-0.4, -0.2) is 22.0 Å². The molecule has 1 aliphatic carbocycles. The van der Waals surface area contributed by atoms with Gasteiger partial charge >= 0.3 is 5.97 Å². The summed E-state index contributed by atoms with van der Waals surface area (Å²) >= 11 is 0. The van der Waals surface area contributed by atoms with Gasteiger partial charge in [0.05, 0.1) is 5.57 Å². The molecule has 28 heavy (non-hydrogen) atoms. The Kier molecular flexibility index (Phi) is 4.84. The molecule has 1 aromatic carbocycles. The number of anilines is 1. The molecule has 5 heteroatoms. The average Bonchev–Trinajstić information content (AvgIpc) is 3.20. The van der Waals surface area contributed by atoms with Crippen molar-refractivity contribution >= 4 is 29.2 Å². The molecule has 5 nitrogen and oxygen atoms in total. The number of aromatic nitrogens is 1. The van der Waals surface area contributed by atoms with Gasteiger partial charge in [-0.15, -0.1) is 0 Å². The van der Waals surface area contributed by atoms with Gasteiger partial charge in [0.1, 0.15) is 0 Å². The summed E-state index contributed by atoms with van der Waals surface area (Å²) in [7, 11) is 0. The van der Waals surface area contributed by atoms with Gasteiger partial charge in [-0.1, -0.05) is 19.9 Å². The van der Waals surface area contributed by atoms with Gasteiger partial charge < -0.3 is 15.4 Å². The third kappa shape index (κ3) is 3.49. The molecule has 4 rings (SSSR count). The van der Waals surface area contributed by atoms with Crippen LogP contribution in [0, 0.1) is 5.92 Å². The van der Waals surface area contributed by atoms with Crippen molar-refractivity contribution in [3.05, 3.63) is 52.3 Å². The first kappa shape index (κ1) is 18.5. The third-order valence-corrected chi connectivity index (χ3v) is 5.90. The van der Waals surface area contributed by atoms with Crippen molar-refractivity contribution in [1.82, 2.24) is 4.98 Å². The molecule has 1 atom stereocenters. The minimum absolute atomic E-state index is 0.0825. The molecule has 2 aromatic rings. The highest BCUT2D eigenvalue weighted by atomic mass is 16.4. The monoisotopic (exact) mass is 378 g/mol. The van der Waals surface area contributed by atoms with Crippen molar-refractivity contribution in [3.8, 4) is 0 Å². The molecule has 1 unspecified atom stereocenters. The quantitative estimate of drug-likeness (QED) is 0.665. The fourth-order valence-corrected chi connectivity index (χ4v) is 4.44. The molecular weight excluding hydrogens is 352 g/mol. The number of carbonyl (C=O) groups excluding carboxylic acids is 1. The zero-order valence-electron chi connectivity index (χ0n) is 16.3. The van der Waals surface area contributed by atoms with Crippen LogP contribution in [0.5, 0.6) is 0 Å². The fourth-order valence-electron chi connectivity index (χ4n) is 4.44. The number of H-pyrrole nitrogens is 1. The average molecular weight is 378 g/mol. The Labute approximate surface area is 164 Å². The van der Waals surface area contributed by atoms with Crippen LogP contribution in [0.3, 0.4) is 0 Å². The van der Waals surface area contributed by atoms with Crippen molar-refractivity contribution in [2.75, 3.05) is 5.32 Å². The molecule has 1 aliphatic heterocycles. The van der Waals surface area contributed by atoms with Crippen LogP contribution in [0.4, 0.5) is 5.69 Å². The lowest BCUT2D eigenvalue weighted by molar-refractivity contribution is -0.137.